The van der Waals surface area contributed by atoms with Crippen LogP contribution in [0.25, 0.3) is 0 Å². The summed E-state index contributed by atoms with van der Waals surface area (Å²) in [6.07, 6.45) is 13.0. The number of benzene rings is 5. The molecule has 0 spiro atoms. The number of hydrogen-bond acceptors (Lipinski definition) is 6. The highest BCUT2D eigenvalue weighted by atomic mass is 16.2. The van der Waals surface area contributed by atoms with Crippen LogP contribution in [0.2, 0.25) is 0 Å². The first-order valence-corrected chi connectivity index (χ1v) is 20.1. The van der Waals surface area contributed by atoms with E-state index in [-0.39, 0.29) is 52.2 Å². The minimum absolute atomic E-state index is 0.0428. The molecule has 12 nitrogen and oxygen atoms in total. The second kappa shape index (κ2) is 19.3. The van der Waals surface area contributed by atoms with Gasteiger partial charge in [0.2, 0.25) is 5.91 Å². The number of anilines is 4. The van der Waals surface area contributed by atoms with Crippen molar-refractivity contribution in [1.29, 1.82) is 0 Å². The highest BCUT2D eigenvalue weighted by Gasteiger charge is 2.26. The summed E-state index contributed by atoms with van der Waals surface area (Å²) < 4.78 is 0. The van der Waals surface area contributed by atoms with Crippen LogP contribution in [0.4, 0.5) is 22.7 Å². The van der Waals surface area contributed by atoms with Crippen molar-refractivity contribution in [3.63, 3.8) is 0 Å². The molecule has 6 amide bonds. The molecule has 0 aliphatic heterocycles. The van der Waals surface area contributed by atoms with E-state index in [0.29, 0.717) is 39.6 Å². The maximum absolute atomic E-state index is 13.9. The third-order valence-electron chi connectivity index (χ3n) is 10.4. The van der Waals surface area contributed by atoms with Crippen molar-refractivity contribution in [3.05, 3.63) is 203 Å². The lowest BCUT2D eigenvalue weighted by Gasteiger charge is -2.26. The van der Waals surface area contributed by atoms with E-state index in [4.69, 9.17) is 0 Å². The molecule has 0 bridgehead atoms. The summed E-state index contributed by atoms with van der Waals surface area (Å²) in [7, 11) is 0. The number of hydrogen-bond donors (Lipinski definition) is 6. The lowest BCUT2D eigenvalue weighted by Crippen LogP contribution is -2.40. The molecule has 2 aliphatic rings. The Morgan fingerprint density at radius 1 is 0.419 bits per heavy atom. The Morgan fingerprint density at radius 3 is 1.24 bits per heavy atom. The normalized spacial score (nSPS) is 17.5. The van der Waals surface area contributed by atoms with Crippen molar-refractivity contribution >= 4 is 58.2 Å². The van der Waals surface area contributed by atoms with Crippen molar-refractivity contribution in [3.8, 4) is 0 Å². The maximum Gasteiger partial charge on any atom is 0.255 e. The second-order valence-electron chi connectivity index (χ2n) is 15.0. The van der Waals surface area contributed by atoms with Crippen molar-refractivity contribution in [2.75, 3.05) is 21.3 Å². The summed E-state index contributed by atoms with van der Waals surface area (Å²) in [5.41, 5.74) is 3.63. The summed E-state index contributed by atoms with van der Waals surface area (Å²) >= 11 is 0. The molecular formula is C50H44N6O6. The Kier molecular flexibility index (Phi) is 13.1. The predicted molar refractivity (Wildman–Crippen MR) is 241 cm³/mol. The Bertz CT molecular complexity index is 2490. The van der Waals surface area contributed by atoms with E-state index in [9.17, 15) is 28.8 Å². The van der Waals surface area contributed by atoms with Crippen LogP contribution in [0.5, 0.6) is 0 Å². The first-order chi connectivity index (χ1) is 30.0. The minimum atomic E-state index is -0.583. The molecule has 0 fully saturated rings. The van der Waals surface area contributed by atoms with Crippen LogP contribution in [0.15, 0.2) is 176 Å². The molecule has 6 N–H and O–H groups in total. The molecule has 0 saturated carbocycles. The van der Waals surface area contributed by atoms with Gasteiger partial charge >= 0.3 is 0 Å². The average molecular weight is 825 g/mol. The molecule has 7 rings (SSSR count). The first-order valence-electron chi connectivity index (χ1n) is 20.1. The van der Waals surface area contributed by atoms with E-state index in [1.807, 2.05) is 56.4 Å². The number of rotatable bonds is 12. The van der Waals surface area contributed by atoms with E-state index in [2.05, 4.69) is 31.9 Å². The molecule has 0 heterocycles. The molecular weight excluding hydrogens is 781 g/mol. The zero-order chi connectivity index (χ0) is 43.6. The molecule has 5 aromatic rings. The number of amides is 6. The van der Waals surface area contributed by atoms with Crippen molar-refractivity contribution < 1.29 is 28.8 Å². The summed E-state index contributed by atoms with van der Waals surface area (Å²) in [5.74, 6) is -2.83. The standard InChI is InChI=1S/C50H44N6O6/c1-31-11-9-10-16-43(31)50(62)55-42-25-26-44(32(2)27-42)56-49(61)37-29-35(47(59)53-40-21-17-38(18-22-40)51-45(57)33-12-5-3-6-13-33)28-36(30-37)48(60)54-41-23-19-39(20-24-41)52-46(58)34-14-7-4-8-15-34/h3-32,43-44H,1-2H3,(H,51,57)(H,52,58)(H,53,59)(H,54,60)(H,55,62)(H,56,61). The molecule has 310 valence electrons. The van der Waals surface area contributed by atoms with E-state index in [0.717, 1.165) is 0 Å². The molecule has 4 unspecified atom stereocenters. The zero-order valence-corrected chi connectivity index (χ0v) is 33.9. The van der Waals surface area contributed by atoms with E-state index >= 15 is 0 Å². The predicted octanol–water partition coefficient (Wildman–Crippen LogP) is 8.38. The van der Waals surface area contributed by atoms with Gasteiger partial charge in [0, 0.05) is 62.2 Å². The Balaban J connectivity index is 1.06. The van der Waals surface area contributed by atoms with Gasteiger partial charge in [0.25, 0.3) is 29.5 Å². The van der Waals surface area contributed by atoms with Crippen molar-refractivity contribution in [1.82, 2.24) is 10.6 Å². The second-order valence-corrected chi connectivity index (χ2v) is 15.0. The fraction of sp³-hybridized carbons (Fsp3) is 0.120. The summed E-state index contributed by atoms with van der Waals surface area (Å²) in [6.45, 7) is 3.89. The van der Waals surface area contributed by atoms with E-state index < -0.39 is 23.8 Å². The van der Waals surface area contributed by atoms with Crippen LogP contribution < -0.4 is 31.9 Å². The van der Waals surface area contributed by atoms with Gasteiger partial charge in [-0.15, -0.1) is 0 Å². The molecule has 2 aliphatic carbocycles. The van der Waals surface area contributed by atoms with Crippen LogP contribution in [-0.4, -0.2) is 41.5 Å². The highest BCUT2D eigenvalue weighted by molar-refractivity contribution is 6.11. The van der Waals surface area contributed by atoms with Gasteiger partial charge in [-0.05, 0) is 103 Å². The van der Waals surface area contributed by atoms with Crippen LogP contribution >= 0.6 is 0 Å². The van der Waals surface area contributed by atoms with E-state index in [1.54, 1.807) is 109 Å². The average Bonchev–Trinajstić information content (AvgIpc) is 3.29. The highest BCUT2D eigenvalue weighted by Crippen LogP contribution is 2.23. The number of carbonyl (C=O) groups is 6. The third kappa shape index (κ3) is 10.7. The first kappa shape index (κ1) is 42.0. The molecule has 0 radical (unpaired) electrons. The van der Waals surface area contributed by atoms with Gasteiger partial charge in [-0.1, -0.05) is 86.7 Å². The van der Waals surface area contributed by atoms with Crippen LogP contribution in [-0.2, 0) is 4.79 Å². The Labute approximate surface area is 358 Å². The fourth-order valence-corrected chi connectivity index (χ4v) is 6.88. The van der Waals surface area contributed by atoms with Crippen LogP contribution in [0, 0.1) is 17.8 Å². The molecule has 0 aromatic heterocycles. The number of nitrogens with one attached hydrogen (secondary N) is 6. The van der Waals surface area contributed by atoms with E-state index in [1.165, 1.54) is 18.2 Å². The van der Waals surface area contributed by atoms with Crippen molar-refractivity contribution in [2.45, 2.75) is 19.9 Å². The van der Waals surface area contributed by atoms with Gasteiger partial charge in [-0.2, -0.15) is 0 Å². The zero-order valence-electron chi connectivity index (χ0n) is 33.9. The quantitative estimate of drug-likeness (QED) is 0.0737. The molecule has 12 heteroatoms. The fourth-order valence-electron chi connectivity index (χ4n) is 6.88. The molecule has 0 saturated heterocycles. The van der Waals surface area contributed by atoms with Crippen molar-refractivity contribution in [2.24, 2.45) is 17.8 Å². The van der Waals surface area contributed by atoms with Gasteiger partial charge in [-0.25, -0.2) is 0 Å². The smallest absolute Gasteiger partial charge is 0.255 e. The number of carbonyl (C=O) groups excluding carboxylic acids is 6. The van der Waals surface area contributed by atoms with Gasteiger partial charge < -0.3 is 31.9 Å². The lowest BCUT2D eigenvalue weighted by molar-refractivity contribution is -0.123. The summed E-state index contributed by atoms with van der Waals surface area (Å²) in [6, 6.07) is 34.4. The minimum Gasteiger partial charge on any atom is -0.345 e. The lowest BCUT2D eigenvalue weighted by atomic mass is 9.89. The van der Waals surface area contributed by atoms with Gasteiger partial charge in [0.05, 0.1) is 12.0 Å². The number of allylic oxidation sites excluding steroid dienone is 4. The van der Waals surface area contributed by atoms with Gasteiger partial charge in [-0.3, -0.25) is 28.8 Å². The largest absolute Gasteiger partial charge is 0.345 e. The Hall–Kier alpha value is -8.12. The van der Waals surface area contributed by atoms with Crippen LogP contribution in [0.3, 0.4) is 0 Å². The van der Waals surface area contributed by atoms with Gasteiger partial charge in [0.15, 0.2) is 0 Å². The molecule has 5 aromatic carbocycles. The Morgan fingerprint density at radius 2 is 0.823 bits per heavy atom. The SMILES string of the molecule is CC1C=C(NC(=O)C2C=CC=CC2C)C=CC1NC(=O)c1cc(C(=O)Nc2ccc(NC(=O)c3ccccc3)cc2)cc(C(=O)Nc2ccc(NC(=O)c3ccccc3)cc2)c1. The van der Waals surface area contributed by atoms with Crippen LogP contribution in [0.1, 0.15) is 65.6 Å². The topological polar surface area (TPSA) is 175 Å². The monoisotopic (exact) mass is 824 g/mol. The molecule has 4 atom stereocenters. The third-order valence-corrected chi connectivity index (χ3v) is 10.4. The molecule has 62 heavy (non-hydrogen) atoms. The van der Waals surface area contributed by atoms with Gasteiger partial charge in [0.1, 0.15) is 0 Å². The summed E-state index contributed by atoms with van der Waals surface area (Å²) in [4.78, 5) is 79.7. The maximum atomic E-state index is 13.9. The summed E-state index contributed by atoms with van der Waals surface area (Å²) in [5, 5.41) is 17.2.